The number of amides is 3. The van der Waals surface area contributed by atoms with Gasteiger partial charge in [0.2, 0.25) is 5.91 Å². The van der Waals surface area contributed by atoms with Crippen LogP contribution in [0.5, 0.6) is 11.5 Å². The van der Waals surface area contributed by atoms with Crippen molar-refractivity contribution in [2.75, 3.05) is 11.9 Å². The summed E-state index contributed by atoms with van der Waals surface area (Å²) in [5.74, 6) is -2.59. The van der Waals surface area contributed by atoms with E-state index in [0.717, 1.165) is 16.7 Å². The summed E-state index contributed by atoms with van der Waals surface area (Å²) < 4.78 is 17.8. The minimum absolute atomic E-state index is 0.0593. The zero-order valence-corrected chi connectivity index (χ0v) is 43.6. The van der Waals surface area contributed by atoms with Crippen molar-refractivity contribution in [1.29, 1.82) is 5.26 Å². The Morgan fingerprint density at radius 2 is 1.17 bits per heavy atom. The number of ether oxygens (including phenoxy) is 3. The first-order chi connectivity index (χ1) is 37.0. The molecule has 77 heavy (non-hydrogen) atoms. The van der Waals surface area contributed by atoms with E-state index >= 15 is 0 Å². The topological polar surface area (TPSA) is 190 Å². The summed E-state index contributed by atoms with van der Waals surface area (Å²) in [7, 11) is 0. The maximum atomic E-state index is 14.7. The summed E-state index contributed by atoms with van der Waals surface area (Å²) in [4.78, 5) is 83.7. The van der Waals surface area contributed by atoms with Gasteiger partial charge in [0.05, 0.1) is 30.2 Å². The van der Waals surface area contributed by atoms with Gasteiger partial charge in [0.25, 0.3) is 11.8 Å². The van der Waals surface area contributed by atoms with E-state index in [9.17, 15) is 28.8 Å². The number of anilines is 1. The molecule has 0 spiro atoms. The third-order valence-corrected chi connectivity index (χ3v) is 12.2. The van der Waals surface area contributed by atoms with Gasteiger partial charge < -0.3 is 30.2 Å². The molecule has 7 aromatic rings. The summed E-state index contributed by atoms with van der Waals surface area (Å²) in [5, 5.41) is 18.0. The van der Waals surface area contributed by atoms with Gasteiger partial charge in [0.15, 0.2) is 23.1 Å². The van der Waals surface area contributed by atoms with Gasteiger partial charge in [0, 0.05) is 40.8 Å². The molecule has 13 heteroatoms. The van der Waals surface area contributed by atoms with Crippen LogP contribution in [-0.2, 0) is 32.7 Å². The minimum atomic E-state index is -1.33. The number of nitrogens with zero attached hydrogens (tertiary/aromatic N) is 1. The number of rotatable bonds is 22. The van der Waals surface area contributed by atoms with Gasteiger partial charge in [-0.2, -0.15) is 5.26 Å². The highest BCUT2D eigenvalue weighted by molar-refractivity contribution is 6.05. The van der Waals surface area contributed by atoms with Crippen molar-refractivity contribution < 1.29 is 43.0 Å². The van der Waals surface area contributed by atoms with E-state index in [0.29, 0.717) is 33.5 Å². The third-order valence-electron chi connectivity index (χ3n) is 12.2. The van der Waals surface area contributed by atoms with Crippen LogP contribution in [0.15, 0.2) is 189 Å². The molecule has 13 nitrogen and oxygen atoms in total. The van der Waals surface area contributed by atoms with Crippen LogP contribution in [0.4, 0.5) is 5.69 Å². The Bertz CT molecular complexity index is 3180. The second-order valence-corrected chi connectivity index (χ2v) is 19.5. The Labute approximate surface area is 448 Å². The van der Waals surface area contributed by atoms with Crippen molar-refractivity contribution in [3.63, 3.8) is 0 Å². The highest BCUT2D eigenvalue weighted by Gasteiger charge is 2.39. The molecule has 0 heterocycles. The molecule has 1 atom stereocenters. The van der Waals surface area contributed by atoms with Crippen molar-refractivity contribution in [2.24, 2.45) is 0 Å². The Balaban J connectivity index is 1.15. The normalized spacial score (nSPS) is 11.5. The summed E-state index contributed by atoms with van der Waals surface area (Å²) >= 11 is 0. The van der Waals surface area contributed by atoms with Crippen LogP contribution in [0.2, 0.25) is 0 Å². The first-order valence-corrected chi connectivity index (χ1v) is 25.1. The molecule has 0 saturated heterocycles. The molecule has 0 fully saturated rings. The smallest absolute Gasteiger partial charge is 0.342 e. The van der Waals surface area contributed by atoms with E-state index in [2.05, 4.69) is 22.5 Å². The minimum Gasteiger partial charge on any atom is -0.487 e. The van der Waals surface area contributed by atoms with E-state index in [1.165, 1.54) is 42.5 Å². The number of carbonyl (C=O) groups excluding carboxylic acids is 6. The summed E-state index contributed by atoms with van der Waals surface area (Å²) in [5.41, 5.74) is 3.08. The largest absolute Gasteiger partial charge is 0.487 e. The summed E-state index contributed by atoms with van der Waals surface area (Å²) in [6.07, 6.45) is 0.410. The van der Waals surface area contributed by atoms with Gasteiger partial charge in [-0.15, -0.1) is 0 Å². The predicted molar refractivity (Wildman–Crippen MR) is 295 cm³/mol. The first-order valence-electron chi connectivity index (χ1n) is 25.1. The number of hydrogen-bond acceptors (Lipinski definition) is 10. The number of benzene rings is 7. The predicted octanol–water partition coefficient (Wildman–Crippen LogP) is 11.0. The summed E-state index contributed by atoms with van der Waals surface area (Å²) in [6, 6.07) is 51.1. The fraction of sp³-hybridized carbons (Fsp3) is 0.203. The molecule has 0 radical (unpaired) electrons. The number of ketones is 2. The van der Waals surface area contributed by atoms with E-state index in [4.69, 9.17) is 19.5 Å². The monoisotopic (exact) mass is 1030 g/mol. The lowest BCUT2D eigenvalue weighted by Gasteiger charge is -2.37. The number of nitriles is 1. The molecule has 3 amide bonds. The lowest BCUT2D eigenvalue weighted by molar-refractivity contribution is -0.127. The summed E-state index contributed by atoms with van der Waals surface area (Å²) in [6.45, 7) is 12.7. The number of nitrogens with one attached hydrogen (secondary N) is 3. The fourth-order valence-corrected chi connectivity index (χ4v) is 8.61. The Hall–Kier alpha value is -9.41. The number of esters is 1. The van der Waals surface area contributed by atoms with Gasteiger partial charge in [0.1, 0.15) is 23.3 Å². The molecule has 0 saturated carbocycles. The molecule has 3 N–H and O–H groups in total. The molecular formula is C64H60N4O9. The average Bonchev–Trinajstić information content (AvgIpc) is 3.45. The average molecular weight is 1030 g/mol. The maximum Gasteiger partial charge on any atom is 0.342 e. The Morgan fingerprint density at radius 1 is 0.636 bits per heavy atom. The maximum absolute atomic E-state index is 14.7. The number of Topliss-reactive ketones (excluding diaryl/α,β-unsaturated/α-hetero) is 2. The van der Waals surface area contributed by atoms with Crippen LogP contribution in [0.25, 0.3) is 0 Å². The molecule has 7 aromatic carbocycles. The fourth-order valence-electron chi connectivity index (χ4n) is 8.61. The Morgan fingerprint density at radius 3 is 1.69 bits per heavy atom. The quantitative estimate of drug-likeness (QED) is 0.0255. The van der Waals surface area contributed by atoms with Gasteiger partial charge in [-0.05, 0) is 111 Å². The molecule has 0 aliphatic rings. The standard InChI is InChI=1S/C64H60N4O9/c1-7-37-75-59-53(62(74)77-63(4,5)6)36-33-48(58(59)76-42(2)3)39-55(69)45-27-23-43(24-28-45)38-56(70)54(67-61(73)47-31-34-52(35-32-47)66-60(72)46-29-25-44(41-65)26-30-46)40-57(71)68-64(49-17-11-8-12-18-49,50-19-13-9-14-20-50)51-21-15-10-16-22-51/h7-36,42,54H,1,37-40H2,2-6H3,(H,66,72)(H,67,73)(H,68,71)/t54-/m0/s1. The zero-order valence-electron chi connectivity index (χ0n) is 43.6. The van der Waals surface area contributed by atoms with Crippen molar-refractivity contribution in [1.82, 2.24) is 10.6 Å². The van der Waals surface area contributed by atoms with Gasteiger partial charge >= 0.3 is 5.97 Å². The van der Waals surface area contributed by atoms with Gasteiger partial charge in [-0.25, -0.2) is 4.79 Å². The third kappa shape index (κ3) is 14.3. The van der Waals surface area contributed by atoms with Crippen LogP contribution < -0.4 is 25.4 Å². The van der Waals surface area contributed by atoms with Crippen LogP contribution in [-0.4, -0.2) is 59.6 Å². The molecule has 390 valence electrons. The lowest BCUT2D eigenvalue weighted by atomic mass is 9.76. The van der Waals surface area contributed by atoms with Crippen LogP contribution >= 0.6 is 0 Å². The van der Waals surface area contributed by atoms with E-state index < -0.39 is 53.1 Å². The second kappa shape index (κ2) is 25.2. The molecule has 0 aliphatic heterocycles. The van der Waals surface area contributed by atoms with Crippen LogP contribution in [0.1, 0.15) is 116 Å². The molecule has 0 bridgehead atoms. The molecule has 0 aromatic heterocycles. The van der Waals surface area contributed by atoms with Crippen LogP contribution in [0, 0.1) is 11.3 Å². The SMILES string of the molecule is C=CCOc1c(C(=O)OC(C)(C)C)ccc(CC(=O)c2ccc(CC(=O)[C@H](CC(=O)NC(c3ccccc3)(c3ccccc3)c3ccccc3)NC(=O)c3ccc(NC(=O)c4ccc(C#N)cc4)cc3)cc2)c1OC(C)C. The highest BCUT2D eigenvalue weighted by Crippen LogP contribution is 2.39. The van der Waals surface area contributed by atoms with Crippen molar-refractivity contribution in [2.45, 2.75) is 77.2 Å². The van der Waals surface area contributed by atoms with Crippen molar-refractivity contribution in [3.8, 4) is 17.6 Å². The van der Waals surface area contributed by atoms with E-state index in [-0.39, 0.29) is 54.0 Å². The van der Waals surface area contributed by atoms with Gasteiger partial charge in [-0.1, -0.05) is 134 Å². The second-order valence-electron chi connectivity index (χ2n) is 19.5. The number of hydrogen-bond donors (Lipinski definition) is 3. The Kier molecular flexibility index (Phi) is 18.1. The lowest BCUT2D eigenvalue weighted by Crippen LogP contribution is -2.51. The van der Waals surface area contributed by atoms with E-state index in [1.807, 2.05) is 111 Å². The van der Waals surface area contributed by atoms with Gasteiger partial charge in [-0.3, -0.25) is 24.0 Å². The van der Waals surface area contributed by atoms with Crippen molar-refractivity contribution >= 4 is 40.9 Å². The highest BCUT2D eigenvalue weighted by atomic mass is 16.6. The van der Waals surface area contributed by atoms with E-state index in [1.54, 1.807) is 69.3 Å². The molecular weight excluding hydrogens is 969 g/mol. The first kappa shape index (κ1) is 55.3. The molecule has 7 rings (SSSR count). The molecule has 0 aliphatic carbocycles. The molecule has 0 unspecified atom stereocenters. The zero-order chi connectivity index (χ0) is 55.1. The van der Waals surface area contributed by atoms with Crippen molar-refractivity contribution in [3.05, 3.63) is 244 Å². The number of carbonyl (C=O) groups is 6. The van der Waals surface area contributed by atoms with Crippen LogP contribution in [0.3, 0.4) is 0 Å².